The Labute approximate surface area is 129 Å². The van der Waals surface area contributed by atoms with E-state index in [1.165, 1.54) is 11.8 Å². The Bertz CT molecular complexity index is 623. The maximum atomic E-state index is 12.0. The number of aryl methyl sites for hydroxylation is 3. The predicted molar refractivity (Wildman–Crippen MR) is 86.7 cm³/mol. The quantitative estimate of drug-likeness (QED) is 0.679. The fraction of sp³-hybridized carbons (Fsp3) is 0.312. The molecule has 4 nitrogen and oxygen atoms in total. The summed E-state index contributed by atoms with van der Waals surface area (Å²) < 4.78 is 0. The third-order valence-electron chi connectivity index (χ3n) is 2.97. The minimum Gasteiger partial charge on any atom is -0.325 e. The molecule has 0 saturated heterocycles. The number of hydrogen-bond acceptors (Lipinski definition) is 4. The molecule has 0 bridgehead atoms. The van der Waals surface area contributed by atoms with Crippen LogP contribution in [-0.2, 0) is 11.2 Å². The highest BCUT2D eigenvalue weighted by Gasteiger charge is 2.07. The minimum absolute atomic E-state index is 0.0187. The molecule has 0 atom stereocenters. The van der Waals surface area contributed by atoms with Gasteiger partial charge < -0.3 is 5.32 Å². The molecule has 0 spiro atoms. The fourth-order valence-corrected chi connectivity index (χ4v) is 2.83. The van der Waals surface area contributed by atoms with Gasteiger partial charge in [-0.3, -0.25) is 4.79 Å². The largest absolute Gasteiger partial charge is 0.325 e. The summed E-state index contributed by atoms with van der Waals surface area (Å²) in [6.07, 6.45) is 0.897. The molecule has 0 aliphatic rings. The molecule has 1 aromatic carbocycles. The molecule has 0 radical (unpaired) electrons. The molecule has 2 aromatic rings. The van der Waals surface area contributed by atoms with Crippen LogP contribution >= 0.6 is 11.8 Å². The predicted octanol–water partition coefficient (Wildman–Crippen LogP) is 3.39. The van der Waals surface area contributed by atoms with Crippen molar-refractivity contribution in [3.8, 4) is 0 Å². The summed E-state index contributed by atoms with van der Waals surface area (Å²) in [6, 6.07) is 9.76. The van der Waals surface area contributed by atoms with Crippen LogP contribution in [0.4, 0.5) is 5.69 Å². The van der Waals surface area contributed by atoms with Gasteiger partial charge in [-0.05, 0) is 38.0 Å². The first-order valence-electron chi connectivity index (χ1n) is 6.91. The van der Waals surface area contributed by atoms with E-state index in [-0.39, 0.29) is 5.91 Å². The molecule has 2 rings (SSSR count). The molecular weight excluding hydrogens is 282 g/mol. The third-order valence-corrected chi connectivity index (χ3v) is 3.88. The number of nitrogens with zero attached hydrogens (tertiary/aromatic N) is 2. The number of benzene rings is 1. The summed E-state index contributed by atoms with van der Waals surface area (Å²) in [4.78, 5) is 20.6. The van der Waals surface area contributed by atoms with Crippen molar-refractivity contribution in [2.75, 3.05) is 11.1 Å². The monoisotopic (exact) mass is 301 g/mol. The highest BCUT2D eigenvalue weighted by Crippen LogP contribution is 2.19. The molecule has 1 aromatic heterocycles. The summed E-state index contributed by atoms with van der Waals surface area (Å²) in [5.41, 5.74) is 2.95. The SMILES string of the molecule is CCc1ccccc1NC(=O)CSc1cc(C)nc(C)n1. The Morgan fingerprint density at radius 2 is 2.00 bits per heavy atom. The third kappa shape index (κ3) is 4.56. The maximum Gasteiger partial charge on any atom is 0.234 e. The van der Waals surface area contributed by atoms with Gasteiger partial charge in [-0.2, -0.15) is 0 Å². The molecule has 21 heavy (non-hydrogen) atoms. The number of aromatic nitrogens is 2. The first-order valence-corrected chi connectivity index (χ1v) is 7.90. The second-order valence-corrected chi connectivity index (χ2v) is 5.74. The normalized spacial score (nSPS) is 10.4. The minimum atomic E-state index is -0.0187. The standard InChI is InChI=1S/C16H19N3OS/c1-4-13-7-5-6-8-14(13)19-15(20)10-21-16-9-11(2)17-12(3)18-16/h5-9H,4,10H2,1-3H3,(H,19,20). The number of carbonyl (C=O) groups is 1. The van der Waals surface area contributed by atoms with E-state index >= 15 is 0 Å². The van der Waals surface area contributed by atoms with Crippen LogP contribution in [0.5, 0.6) is 0 Å². The molecule has 1 amide bonds. The summed E-state index contributed by atoms with van der Waals surface area (Å²) in [5.74, 6) is 1.05. The molecule has 0 aliphatic carbocycles. The summed E-state index contributed by atoms with van der Waals surface area (Å²) >= 11 is 1.43. The average Bonchev–Trinajstić information content (AvgIpc) is 2.45. The Morgan fingerprint density at radius 3 is 2.71 bits per heavy atom. The smallest absolute Gasteiger partial charge is 0.234 e. The van der Waals surface area contributed by atoms with Crippen LogP contribution in [0.25, 0.3) is 0 Å². The molecule has 110 valence electrons. The van der Waals surface area contributed by atoms with E-state index in [2.05, 4.69) is 22.2 Å². The second-order valence-electron chi connectivity index (χ2n) is 4.74. The number of anilines is 1. The number of rotatable bonds is 5. The average molecular weight is 301 g/mol. The maximum absolute atomic E-state index is 12.0. The zero-order valence-electron chi connectivity index (χ0n) is 12.5. The molecule has 0 aliphatic heterocycles. The van der Waals surface area contributed by atoms with Crippen molar-refractivity contribution >= 4 is 23.4 Å². The van der Waals surface area contributed by atoms with Gasteiger partial charge in [0.05, 0.1) is 5.75 Å². The van der Waals surface area contributed by atoms with Crippen LogP contribution in [0.2, 0.25) is 0 Å². The van der Waals surface area contributed by atoms with E-state index in [0.29, 0.717) is 5.75 Å². The van der Waals surface area contributed by atoms with Gasteiger partial charge in [-0.25, -0.2) is 9.97 Å². The Hall–Kier alpha value is -1.88. The number of para-hydroxylation sites is 1. The van der Waals surface area contributed by atoms with E-state index in [1.54, 1.807) is 0 Å². The van der Waals surface area contributed by atoms with Crippen molar-refractivity contribution in [2.24, 2.45) is 0 Å². The van der Waals surface area contributed by atoms with Crippen molar-refractivity contribution in [1.29, 1.82) is 0 Å². The molecule has 1 N–H and O–H groups in total. The fourth-order valence-electron chi connectivity index (χ4n) is 2.03. The number of thioether (sulfide) groups is 1. The van der Waals surface area contributed by atoms with E-state index in [0.717, 1.165) is 34.2 Å². The number of nitrogens with one attached hydrogen (secondary N) is 1. The van der Waals surface area contributed by atoms with Crippen LogP contribution in [0.1, 0.15) is 24.0 Å². The second kappa shape index (κ2) is 7.22. The molecule has 1 heterocycles. The van der Waals surface area contributed by atoms with E-state index in [1.807, 2.05) is 44.2 Å². The number of hydrogen-bond donors (Lipinski definition) is 1. The van der Waals surface area contributed by atoms with Crippen LogP contribution < -0.4 is 5.32 Å². The van der Waals surface area contributed by atoms with Gasteiger partial charge >= 0.3 is 0 Å². The first kappa shape index (κ1) is 15.5. The van der Waals surface area contributed by atoms with Crippen LogP contribution in [0.15, 0.2) is 35.4 Å². The van der Waals surface area contributed by atoms with Crippen molar-refractivity contribution in [1.82, 2.24) is 9.97 Å². The number of amides is 1. The lowest BCUT2D eigenvalue weighted by Crippen LogP contribution is -2.15. The molecular formula is C16H19N3OS. The molecule has 0 saturated carbocycles. The van der Waals surface area contributed by atoms with Gasteiger partial charge in [-0.15, -0.1) is 0 Å². The lowest BCUT2D eigenvalue weighted by atomic mass is 10.1. The van der Waals surface area contributed by atoms with Crippen molar-refractivity contribution in [3.63, 3.8) is 0 Å². The summed E-state index contributed by atoms with van der Waals surface area (Å²) in [5, 5.41) is 3.79. The van der Waals surface area contributed by atoms with Gasteiger partial charge in [0.2, 0.25) is 5.91 Å². The van der Waals surface area contributed by atoms with Crippen LogP contribution in [-0.4, -0.2) is 21.6 Å². The lowest BCUT2D eigenvalue weighted by molar-refractivity contribution is -0.113. The zero-order valence-corrected chi connectivity index (χ0v) is 13.3. The topological polar surface area (TPSA) is 54.9 Å². The Morgan fingerprint density at radius 1 is 1.24 bits per heavy atom. The highest BCUT2D eigenvalue weighted by molar-refractivity contribution is 7.99. The zero-order chi connectivity index (χ0) is 15.2. The van der Waals surface area contributed by atoms with Crippen molar-refractivity contribution < 1.29 is 4.79 Å². The molecule has 0 unspecified atom stereocenters. The Kier molecular flexibility index (Phi) is 5.33. The van der Waals surface area contributed by atoms with E-state index in [4.69, 9.17) is 0 Å². The molecule has 0 fully saturated rings. The van der Waals surface area contributed by atoms with E-state index in [9.17, 15) is 4.79 Å². The number of carbonyl (C=O) groups excluding carboxylic acids is 1. The van der Waals surface area contributed by atoms with Gasteiger partial charge in [0.25, 0.3) is 0 Å². The molecule has 5 heteroatoms. The van der Waals surface area contributed by atoms with Gasteiger partial charge in [-0.1, -0.05) is 36.9 Å². The van der Waals surface area contributed by atoms with Gasteiger partial charge in [0, 0.05) is 11.4 Å². The summed E-state index contributed by atoms with van der Waals surface area (Å²) in [6.45, 7) is 5.86. The van der Waals surface area contributed by atoms with Crippen molar-refractivity contribution in [3.05, 3.63) is 47.4 Å². The van der Waals surface area contributed by atoms with Gasteiger partial charge in [0.1, 0.15) is 10.9 Å². The van der Waals surface area contributed by atoms with Crippen molar-refractivity contribution in [2.45, 2.75) is 32.2 Å². The van der Waals surface area contributed by atoms with Crippen LogP contribution in [0, 0.1) is 13.8 Å². The van der Waals surface area contributed by atoms with Gasteiger partial charge in [0.15, 0.2) is 0 Å². The highest BCUT2D eigenvalue weighted by atomic mass is 32.2. The Balaban J connectivity index is 1.96. The summed E-state index contributed by atoms with van der Waals surface area (Å²) in [7, 11) is 0. The van der Waals surface area contributed by atoms with Crippen LogP contribution in [0.3, 0.4) is 0 Å². The lowest BCUT2D eigenvalue weighted by Gasteiger charge is -2.09. The van der Waals surface area contributed by atoms with E-state index < -0.39 is 0 Å². The first-order chi connectivity index (χ1) is 10.1.